The average molecular weight is 1040 g/mol. The highest BCUT2D eigenvalue weighted by Crippen LogP contribution is 2.50. The van der Waals surface area contributed by atoms with Crippen LogP contribution in [0.3, 0.4) is 0 Å². The normalized spacial score (nSPS) is 11.1. The SMILES string of the molecule is N#Cc1ccc(N(c2ccc(-c3cc(-c4ccc5ccccc5c4)c4ccc5c(-c6ccc(N(c7ccc(C#N)cc7)c7ccc(C#N)cn7)cc6)cc(-c6ccc7ccccc7c6)c6ccc3c4c56)cc2)c2ccc(C#N)cn2)cc1. The Morgan fingerprint density at radius 1 is 0.268 bits per heavy atom. The Kier molecular flexibility index (Phi) is 11.9. The Bertz CT molecular complexity index is 4550. The van der Waals surface area contributed by atoms with E-state index in [2.05, 4.69) is 194 Å². The third kappa shape index (κ3) is 8.47. The Morgan fingerprint density at radius 3 is 0.902 bits per heavy atom. The fourth-order valence-corrected chi connectivity index (χ4v) is 11.6. The van der Waals surface area contributed by atoms with Gasteiger partial charge in [0.25, 0.3) is 0 Å². The molecular formula is C74H42N8. The van der Waals surface area contributed by atoms with Gasteiger partial charge in [0.1, 0.15) is 23.8 Å². The highest BCUT2D eigenvalue weighted by molar-refractivity contribution is 6.32. The third-order valence-corrected chi connectivity index (χ3v) is 15.6. The van der Waals surface area contributed by atoms with Crippen LogP contribution in [0.15, 0.2) is 255 Å². The van der Waals surface area contributed by atoms with Gasteiger partial charge < -0.3 is 0 Å². The standard InChI is InChI=1S/C74H42N8/c75-41-47-9-23-59(24-10-47)81(71-35-13-49(43-77)45-79-71)61-27-19-53(20-28-61)67-39-69(57-17-15-51-5-1-3-7-55(51)37-57)65-33-31-64-68(40-70(66-34-32-63(67)73(65)74(64)66)58-18-16-52-6-2-4-8-56(52)38-58)54-21-29-62(30-22-54)82(60-25-11-48(42-76)12-26-60)72-36-14-50(44-78)46-80-72/h1-40,45-46H. The summed E-state index contributed by atoms with van der Waals surface area (Å²) in [4.78, 5) is 13.5. The lowest BCUT2D eigenvalue weighted by Crippen LogP contribution is -2.11. The third-order valence-electron chi connectivity index (χ3n) is 15.6. The van der Waals surface area contributed by atoms with Crippen LogP contribution in [-0.2, 0) is 0 Å². The molecule has 0 spiro atoms. The lowest BCUT2D eigenvalue weighted by molar-refractivity contribution is 1.17. The largest absolute Gasteiger partial charge is 0.295 e. The number of rotatable bonds is 10. The topological polar surface area (TPSA) is 127 Å². The van der Waals surface area contributed by atoms with Gasteiger partial charge in [0.2, 0.25) is 0 Å². The molecule has 0 unspecified atom stereocenters. The maximum Gasteiger partial charge on any atom is 0.137 e. The second-order valence-electron chi connectivity index (χ2n) is 20.3. The van der Waals surface area contributed by atoms with Crippen LogP contribution in [-0.4, -0.2) is 9.97 Å². The minimum absolute atomic E-state index is 0.464. The number of nitriles is 4. The van der Waals surface area contributed by atoms with E-state index in [1.807, 2.05) is 46.2 Å². The summed E-state index contributed by atoms with van der Waals surface area (Å²) in [5.74, 6) is 1.27. The number of hydrogen-bond donors (Lipinski definition) is 0. The second-order valence-corrected chi connectivity index (χ2v) is 20.3. The zero-order valence-corrected chi connectivity index (χ0v) is 43.8. The molecule has 14 aromatic rings. The van der Waals surface area contributed by atoms with Gasteiger partial charge in [-0.1, -0.05) is 121 Å². The molecule has 378 valence electrons. The maximum atomic E-state index is 9.66. The van der Waals surface area contributed by atoms with Gasteiger partial charge in [-0.2, -0.15) is 21.0 Å². The molecule has 0 fully saturated rings. The van der Waals surface area contributed by atoms with Gasteiger partial charge in [0, 0.05) is 35.1 Å². The molecule has 12 aromatic carbocycles. The van der Waals surface area contributed by atoms with Crippen molar-refractivity contribution in [1.82, 2.24) is 9.97 Å². The van der Waals surface area contributed by atoms with Gasteiger partial charge in [-0.25, -0.2) is 9.97 Å². The molecule has 0 N–H and O–H groups in total. The summed E-state index contributed by atoms with van der Waals surface area (Å²) in [7, 11) is 0. The quantitative estimate of drug-likeness (QED) is 0.124. The first-order valence-electron chi connectivity index (χ1n) is 26.7. The van der Waals surface area contributed by atoms with E-state index in [9.17, 15) is 21.0 Å². The van der Waals surface area contributed by atoms with Crippen LogP contribution in [0, 0.1) is 45.3 Å². The van der Waals surface area contributed by atoms with Crippen LogP contribution >= 0.6 is 0 Å². The fraction of sp³-hybridized carbons (Fsp3) is 0. The monoisotopic (exact) mass is 1040 g/mol. The van der Waals surface area contributed by atoms with Crippen molar-refractivity contribution >= 4 is 88.2 Å². The van der Waals surface area contributed by atoms with Crippen LogP contribution in [0.2, 0.25) is 0 Å². The van der Waals surface area contributed by atoms with Crippen molar-refractivity contribution in [2.75, 3.05) is 9.80 Å². The van der Waals surface area contributed by atoms with E-state index >= 15 is 0 Å². The van der Waals surface area contributed by atoms with Crippen molar-refractivity contribution in [2.24, 2.45) is 0 Å². The molecule has 0 saturated heterocycles. The smallest absolute Gasteiger partial charge is 0.137 e. The summed E-state index contributed by atoms with van der Waals surface area (Å²) in [5, 5.41) is 50.1. The van der Waals surface area contributed by atoms with Gasteiger partial charge in [-0.05, 0) is 220 Å². The van der Waals surface area contributed by atoms with E-state index in [0.717, 1.165) is 99.6 Å². The molecule has 2 aromatic heterocycles. The summed E-state index contributed by atoms with van der Waals surface area (Å²) in [6.07, 6.45) is 3.16. The summed E-state index contributed by atoms with van der Waals surface area (Å²) in [6, 6.07) is 92.5. The zero-order valence-electron chi connectivity index (χ0n) is 43.8. The second kappa shape index (κ2) is 20.1. The van der Waals surface area contributed by atoms with Gasteiger partial charge >= 0.3 is 0 Å². The molecule has 8 heteroatoms. The molecule has 0 atom stereocenters. The molecular weight excluding hydrogens is 1000 g/mol. The van der Waals surface area contributed by atoms with Gasteiger partial charge in [-0.3, -0.25) is 9.80 Å². The summed E-state index contributed by atoms with van der Waals surface area (Å²) < 4.78 is 0. The Labute approximate surface area is 472 Å². The molecule has 0 aliphatic carbocycles. The van der Waals surface area contributed by atoms with Crippen LogP contribution in [0.1, 0.15) is 22.3 Å². The predicted octanol–water partition coefficient (Wildman–Crippen LogP) is 18.8. The first kappa shape index (κ1) is 48.4. The van der Waals surface area contributed by atoms with Crippen molar-refractivity contribution in [3.05, 3.63) is 277 Å². The summed E-state index contributed by atoms with van der Waals surface area (Å²) in [6.45, 7) is 0. The molecule has 82 heavy (non-hydrogen) atoms. The number of pyridine rings is 2. The summed E-state index contributed by atoms with van der Waals surface area (Å²) in [5.41, 5.74) is 14.1. The van der Waals surface area contributed by atoms with E-state index in [0.29, 0.717) is 33.9 Å². The first-order chi connectivity index (χ1) is 40.4. The molecule has 14 rings (SSSR count). The van der Waals surface area contributed by atoms with Crippen LogP contribution in [0.25, 0.3) is 98.4 Å². The highest BCUT2D eigenvalue weighted by Gasteiger charge is 2.23. The molecule has 0 aliphatic heterocycles. The Hall–Kier alpha value is -11.9. The molecule has 0 saturated carbocycles. The average Bonchev–Trinajstić information content (AvgIpc) is 3.48. The van der Waals surface area contributed by atoms with Crippen LogP contribution in [0.4, 0.5) is 34.4 Å². The number of aromatic nitrogens is 2. The van der Waals surface area contributed by atoms with E-state index in [4.69, 9.17) is 9.97 Å². The van der Waals surface area contributed by atoms with Crippen LogP contribution < -0.4 is 9.80 Å². The number of benzene rings is 12. The summed E-state index contributed by atoms with van der Waals surface area (Å²) >= 11 is 0. The first-order valence-corrected chi connectivity index (χ1v) is 26.7. The fourth-order valence-electron chi connectivity index (χ4n) is 11.6. The van der Waals surface area contributed by atoms with Gasteiger partial charge in [-0.15, -0.1) is 0 Å². The van der Waals surface area contributed by atoms with Crippen molar-refractivity contribution in [2.45, 2.75) is 0 Å². The van der Waals surface area contributed by atoms with Crippen molar-refractivity contribution in [3.8, 4) is 68.8 Å². The van der Waals surface area contributed by atoms with E-state index < -0.39 is 0 Å². The Balaban J connectivity index is 0.994. The molecule has 0 amide bonds. The van der Waals surface area contributed by atoms with Crippen molar-refractivity contribution in [3.63, 3.8) is 0 Å². The van der Waals surface area contributed by atoms with Gasteiger partial charge in [0.05, 0.1) is 34.4 Å². The minimum Gasteiger partial charge on any atom is -0.295 e. The number of hydrogen-bond acceptors (Lipinski definition) is 8. The molecule has 0 bridgehead atoms. The number of fused-ring (bicyclic) bond motifs is 2. The van der Waals surface area contributed by atoms with E-state index in [-0.39, 0.29) is 0 Å². The molecule has 2 heterocycles. The lowest BCUT2D eigenvalue weighted by Gasteiger charge is -2.25. The van der Waals surface area contributed by atoms with E-state index in [1.54, 1.807) is 48.8 Å². The van der Waals surface area contributed by atoms with Crippen LogP contribution in [0.5, 0.6) is 0 Å². The predicted molar refractivity (Wildman–Crippen MR) is 331 cm³/mol. The number of anilines is 6. The minimum atomic E-state index is 0.464. The Morgan fingerprint density at radius 2 is 0.573 bits per heavy atom. The van der Waals surface area contributed by atoms with E-state index in [1.165, 1.54) is 21.5 Å². The van der Waals surface area contributed by atoms with Crippen molar-refractivity contribution in [1.29, 1.82) is 21.0 Å². The molecule has 8 nitrogen and oxygen atoms in total. The number of nitrogens with zero attached hydrogens (tertiary/aromatic N) is 8. The molecule has 0 radical (unpaired) electrons. The lowest BCUT2D eigenvalue weighted by atomic mass is 9.81. The maximum absolute atomic E-state index is 9.66. The molecule has 0 aliphatic rings. The highest BCUT2D eigenvalue weighted by atomic mass is 15.2. The van der Waals surface area contributed by atoms with Crippen molar-refractivity contribution < 1.29 is 0 Å². The zero-order chi connectivity index (χ0) is 55.3. The van der Waals surface area contributed by atoms with Gasteiger partial charge in [0.15, 0.2) is 0 Å².